The van der Waals surface area contributed by atoms with Gasteiger partial charge in [-0.05, 0) is 0 Å². The van der Waals surface area contributed by atoms with Crippen LogP contribution in [0.5, 0.6) is 0 Å². The minimum absolute atomic E-state index is 0. The first-order chi connectivity index (χ1) is 2.73. The summed E-state index contributed by atoms with van der Waals surface area (Å²) in [5, 5.41) is 13.9. The molecule has 0 aliphatic rings. The number of carbonyl (C=O) groups is 2. The van der Waals surface area contributed by atoms with E-state index in [9.17, 15) is 0 Å². The molecule has 5 heteroatoms. The molecule has 2 N–H and O–H groups in total. The van der Waals surface area contributed by atoms with Gasteiger partial charge in [0.15, 0.2) is 0 Å². The predicted octanol–water partition coefficient (Wildman–Crippen LogP) is -2.85. The zero-order valence-electron chi connectivity index (χ0n) is 4.92. The van der Waals surface area contributed by atoms with Crippen LogP contribution in [0.15, 0.2) is 0 Å². The van der Waals surface area contributed by atoms with Crippen molar-refractivity contribution in [1.82, 2.24) is 0 Å². The Kier molecular flexibility index (Phi) is 37.8. The minimum atomic E-state index is -1.83. The fourth-order valence-electron chi connectivity index (χ4n) is 0. The van der Waals surface area contributed by atoms with Gasteiger partial charge in [-0.3, -0.25) is 0 Å². The van der Waals surface area contributed by atoms with Crippen molar-refractivity contribution in [2.45, 2.75) is 0 Å². The summed E-state index contributed by atoms with van der Waals surface area (Å²) in [6.07, 6.45) is -1.83. The van der Waals surface area contributed by atoms with Gasteiger partial charge in [-0.1, -0.05) is 0 Å². The minimum Gasteiger partial charge on any atom is -1.00 e. The molecule has 0 spiro atoms. The van der Waals surface area contributed by atoms with Crippen molar-refractivity contribution < 1.29 is 50.8 Å². The van der Waals surface area contributed by atoms with E-state index in [0.29, 0.717) is 0 Å². The van der Waals surface area contributed by atoms with Crippen molar-refractivity contribution in [2.75, 3.05) is 0 Å². The van der Waals surface area contributed by atoms with E-state index in [4.69, 9.17) is 19.8 Å². The van der Waals surface area contributed by atoms with E-state index < -0.39 is 6.16 Å². The molecular weight excluding hydrogens is 111 g/mol. The molecule has 0 radical (unpaired) electrons. The van der Waals surface area contributed by atoms with Gasteiger partial charge >= 0.3 is 35.7 Å². The summed E-state index contributed by atoms with van der Waals surface area (Å²) >= 11 is 0. The van der Waals surface area contributed by atoms with Gasteiger partial charge in [-0.25, -0.2) is 4.79 Å². The molecule has 0 bridgehead atoms. The Bertz CT molecular complexity index is 45.3. The first kappa shape index (κ1) is 15.8. The summed E-state index contributed by atoms with van der Waals surface area (Å²) in [5.41, 5.74) is 0. The van der Waals surface area contributed by atoms with Crippen LogP contribution in [0.4, 0.5) is 4.79 Å². The van der Waals surface area contributed by atoms with Crippen LogP contribution in [0.25, 0.3) is 0 Å². The topological polar surface area (TPSA) is 74.6 Å². The molecule has 7 heavy (non-hydrogen) atoms. The van der Waals surface area contributed by atoms with Gasteiger partial charge in [0.1, 0.15) is 6.79 Å². The molecule has 0 saturated heterocycles. The van der Waals surface area contributed by atoms with Gasteiger partial charge < -0.3 is 16.4 Å². The Hall–Kier alpha value is -0.0600. The maximum absolute atomic E-state index is 8.56. The number of rotatable bonds is 0. The second kappa shape index (κ2) is 16.8. The normalized spacial score (nSPS) is 4.00. The SMILES string of the molecule is C=O.O=C(O)O.[H-].[Na+]. The zero-order chi connectivity index (χ0) is 5.58. The van der Waals surface area contributed by atoms with Crippen molar-refractivity contribution in [3.8, 4) is 0 Å². The molecule has 0 aromatic heterocycles. The fraction of sp³-hybridized carbons (Fsp3) is 0. The zero-order valence-corrected chi connectivity index (χ0v) is 5.92. The summed E-state index contributed by atoms with van der Waals surface area (Å²) < 4.78 is 0. The van der Waals surface area contributed by atoms with Gasteiger partial charge in [0.05, 0.1) is 0 Å². The smallest absolute Gasteiger partial charge is 1.00 e. The van der Waals surface area contributed by atoms with Gasteiger partial charge in [0.25, 0.3) is 0 Å². The van der Waals surface area contributed by atoms with E-state index in [1.165, 1.54) is 0 Å². The Morgan fingerprint density at radius 2 is 1.43 bits per heavy atom. The fourth-order valence-corrected chi connectivity index (χ4v) is 0. The summed E-state index contributed by atoms with van der Waals surface area (Å²) in [7, 11) is 0. The molecule has 0 rings (SSSR count). The van der Waals surface area contributed by atoms with Crippen LogP contribution in [0, 0.1) is 0 Å². The van der Waals surface area contributed by atoms with E-state index in [2.05, 4.69) is 0 Å². The Labute approximate surface area is 63.9 Å². The van der Waals surface area contributed by atoms with Crippen LogP contribution in [0.3, 0.4) is 0 Å². The molecule has 0 atom stereocenters. The predicted molar refractivity (Wildman–Crippen MR) is 18.9 cm³/mol. The Morgan fingerprint density at radius 1 is 1.43 bits per heavy atom. The summed E-state index contributed by atoms with van der Waals surface area (Å²) in [5.74, 6) is 0. The van der Waals surface area contributed by atoms with E-state index in [1.54, 1.807) is 0 Å². The number of carboxylic acid groups (broad SMARTS) is 2. The number of carbonyl (C=O) groups excluding carboxylic acids is 1. The van der Waals surface area contributed by atoms with Crippen molar-refractivity contribution >= 4 is 12.9 Å². The van der Waals surface area contributed by atoms with Gasteiger partial charge in [-0.2, -0.15) is 0 Å². The van der Waals surface area contributed by atoms with E-state index in [0.717, 1.165) is 0 Å². The van der Waals surface area contributed by atoms with Gasteiger partial charge in [0.2, 0.25) is 0 Å². The third-order valence-corrected chi connectivity index (χ3v) is 0. The summed E-state index contributed by atoms with van der Waals surface area (Å²) in [6, 6.07) is 0. The molecule has 0 fully saturated rings. The monoisotopic (exact) mass is 116 g/mol. The standard InChI is InChI=1S/CH2O3.CH2O.Na.H/c2-1(3)4;1-2;;/h(H2,2,3,4);1H2;;/q;;+1;-1. The van der Waals surface area contributed by atoms with Gasteiger partial charge in [-0.15, -0.1) is 0 Å². The van der Waals surface area contributed by atoms with Crippen LogP contribution >= 0.6 is 0 Å². The molecule has 0 heterocycles. The third-order valence-electron chi connectivity index (χ3n) is 0. The van der Waals surface area contributed by atoms with Crippen molar-refractivity contribution in [3.63, 3.8) is 0 Å². The van der Waals surface area contributed by atoms with Crippen molar-refractivity contribution in [1.29, 1.82) is 0 Å². The first-order valence-electron chi connectivity index (χ1n) is 0.940. The molecule has 0 aliphatic heterocycles. The van der Waals surface area contributed by atoms with Crippen LogP contribution < -0.4 is 29.6 Å². The number of hydrogen-bond acceptors (Lipinski definition) is 2. The molecule has 4 nitrogen and oxygen atoms in total. The van der Waals surface area contributed by atoms with Crippen LogP contribution in [-0.2, 0) is 4.79 Å². The van der Waals surface area contributed by atoms with Crippen LogP contribution in [0.2, 0.25) is 0 Å². The second-order valence-corrected chi connectivity index (χ2v) is 0.283. The molecule has 0 amide bonds. The Balaban J connectivity index is -0.0000000183. The average molecular weight is 116 g/mol. The van der Waals surface area contributed by atoms with Crippen LogP contribution in [-0.4, -0.2) is 23.2 Å². The van der Waals surface area contributed by atoms with E-state index in [-0.39, 0.29) is 31.0 Å². The largest absolute Gasteiger partial charge is 1.00 e. The first-order valence-corrected chi connectivity index (χ1v) is 0.940. The quantitative estimate of drug-likeness (QED) is 0.334. The average Bonchev–Trinajstić information content (AvgIpc) is 1.41. The van der Waals surface area contributed by atoms with Gasteiger partial charge in [0, 0.05) is 0 Å². The molecular formula is C2H5NaO4. The third kappa shape index (κ3) is 25600. The maximum atomic E-state index is 8.56. The Morgan fingerprint density at radius 3 is 1.43 bits per heavy atom. The molecule has 0 aliphatic carbocycles. The van der Waals surface area contributed by atoms with Crippen LogP contribution in [0.1, 0.15) is 1.43 Å². The van der Waals surface area contributed by atoms with E-state index in [1.807, 2.05) is 6.79 Å². The molecule has 38 valence electrons. The molecule has 0 unspecified atom stereocenters. The molecule has 0 saturated carbocycles. The molecule has 0 aromatic carbocycles. The van der Waals surface area contributed by atoms with Crippen molar-refractivity contribution in [3.05, 3.63) is 0 Å². The molecule has 0 aromatic rings. The summed E-state index contributed by atoms with van der Waals surface area (Å²) in [4.78, 5) is 16.6. The number of hydrogen-bond donors (Lipinski definition) is 2. The van der Waals surface area contributed by atoms with E-state index >= 15 is 0 Å². The summed E-state index contributed by atoms with van der Waals surface area (Å²) in [6.45, 7) is 2.00. The van der Waals surface area contributed by atoms with Crippen molar-refractivity contribution in [2.24, 2.45) is 0 Å². The maximum Gasteiger partial charge on any atom is 1.00 e. The second-order valence-electron chi connectivity index (χ2n) is 0.283.